The van der Waals surface area contributed by atoms with E-state index in [0.29, 0.717) is 0 Å². The second-order valence-electron chi connectivity index (χ2n) is 2.83. The van der Waals surface area contributed by atoms with Gasteiger partial charge >= 0.3 is 0 Å². The van der Waals surface area contributed by atoms with Crippen LogP contribution in [0.2, 0.25) is 0 Å². The van der Waals surface area contributed by atoms with E-state index in [4.69, 9.17) is 4.74 Å². The molecule has 0 aromatic heterocycles. The van der Waals surface area contributed by atoms with Gasteiger partial charge in [0.2, 0.25) is 0 Å². The lowest BCUT2D eigenvalue weighted by Crippen LogP contribution is -2.13. The standard InChI is InChI=1S/C10H21NO/c1-4-11-8-6-7-10(3)9-12-5-2/h7,11H,4-6,8-9H2,1-3H3. The number of hydrogen-bond donors (Lipinski definition) is 1. The monoisotopic (exact) mass is 171 g/mol. The number of ether oxygens (including phenoxy) is 1. The molecule has 0 fully saturated rings. The van der Waals surface area contributed by atoms with Crippen molar-refractivity contribution >= 4 is 0 Å². The summed E-state index contributed by atoms with van der Waals surface area (Å²) in [4.78, 5) is 0. The Balaban J connectivity index is 3.28. The molecule has 0 aliphatic rings. The van der Waals surface area contributed by atoms with Gasteiger partial charge in [-0.1, -0.05) is 18.6 Å². The minimum absolute atomic E-state index is 0.780. The molecule has 1 N–H and O–H groups in total. The normalized spacial score (nSPS) is 12.1. The molecule has 0 unspecified atom stereocenters. The van der Waals surface area contributed by atoms with Gasteiger partial charge in [-0.3, -0.25) is 0 Å². The van der Waals surface area contributed by atoms with Crippen molar-refractivity contribution in [2.45, 2.75) is 27.2 Å². The molecule has 0 aliphatic carbocycles. The van der Waals surface area contributed by atoms with Crippen LogP contribution < -0.4 is 5.32 Å². The van der Waals surface area contributed by atoms with Crippen molar-refractivity contribution in [1.29, 1.82) is 0 Å². The summed E-state index contributed by atoms with van der Waals surface area (Å²) in [5.41, 5.74) is 1.33. The Labute approximate surface area is 76.0 Å². The van der Waals surface area contributed by atoms with Crippen molar-refractivity contribution in [3.05, 3.63) is 11.6 Å². The maximum Gasteiger partial charge on any atom is 0.0673 e. The second-order valence-corrected chi connectivity index (χ2v) is 2.83. The summed E-state index contributed by atoms with van der Waals surface area (Å²) < 4.78 is 5.26. The van der Waals surface area contributed by atoms with E-state index in [2.05, 4.69) is 25.2 Å². The number of nitrogens with one attached hydrogen (secondary N) is 1. The average Bonchev–Trinajstić information content (AvgIpc) is 2.09. The van der Waals surface area contributed by atoms with Gasteiger partial charge in [0.15, 0.2) is 0 Å². The molecule has 2 heteroatoms. The van der Waals surface area contributed by atoms with Crippen molar-refractivity contribution in [2.75, 3.05) is 26.3 Å². The first-order valence-electron chi connectivity index (χ1n) is 4.75. The van der Waals surface area contributed by atoms with Gasteiger partial charge in [0.25, 0.3) is 0 Å². The Morgan fingerprint density at radius 3 is 2.75 bits per heavy atom. The van der Waals surface area contributed by atoms with Crippen LogP contribution in [0.15, 0.2) is 11.6 Å². The first-order valence-corrected chi connectivity index (χ1v) is 4.75. The first kappa shape index (κ1) is 11.7. The zero-order valence-electron chi connectivity index (χ0n) is 8.52. The van der Waals surface area contributed by atoms with Gasteiger partial charge in [-0.2, -0.15) is 0 Å². The largest absolute Gasteiger partial charge is 0.377 e. The van der Waals surface area contributed by atoms with Crippen LogP contribution in [0.3, 0.4) is 0 Å². The molecule has 0 spiro atoms. The third kappa shape index (κ3) is 7.76. The molecule has 0 saturated heterocycles. The summed E-state index contributed by atoms with van der Waals surface area (Å²) >= 11 is 0. The topological polar surface area (TPSA) is 21.3 Å². The summed E-state index contributed by atoms with van der Waals surface area (Å²) in [7, 11) is 0. The summed E-state index contributed by atoms with van der Waals surface area (Å²) in [5.74, 6) is 0. The molecule has 0 aliphatic heterocycles. The van der Waals surface area contributed by atoms with E-state index in [9.17, 15) is 0 Å². The van der Waals surface area contributed by atoms with E-state index in [0.717, 1.165) is 32.7 Å². The second kappa shape index (κ2) is 8.75. The molecule has 0 saturated carbocycles. The summed E-state index contributed by atoms with van der Waals surface area (Å²) in [6.07, 6.45) is 3.34. The Kier molecular flexibility index (Phi) is 8.51. The van der Waals surface area contributed by atoms with Gasteiger partial charge in [-0.25, -0.2) is 0 Å². The van der Waals surface area contributed by atoms with Crippen LogP contribution in [0.1, 0.15) is 27.2 Å². The summed E-state index contributed by atoms with van der Waals surface area (Å²) in [6, 6.07) is 0. The van der Waals surface area contributed by atoms with E-state index >= 15 is 0 Å². The Morgan fingerprint density at radius 2 is 2.17 bits per heavy atom. The van der Waals surface area contributed by atoms with Gasteiger partial charge in [0.1, 0.15) is 0 Å². The van der Waals surface area contributed by atoms with Crippen LogP contribution in [0.25, 0.3) is 0 Å². The molecule has 0 bridgehead atoms. The maximum absolute atomic E-state index is 5.26. The minimum atomic E-state index is 0.780. The van der Waals surface area contributed by atoms with Crippen LogP contribution >= 0.6 is 0 Å². The van der Waals surface area contributed by atoms with Crippen LogP contribution in [-0.4, -0.2) is 26.3 Å². The Bertz CT molecular complexity index is 121. The molecule has 72 valence electrons. The minimum Gasteiger partial charge on any atom is -0.377 e. The van der Waals surface area contributed by atoms with Crippen LogP contribution in [0.4, 0.5) is 0 Å². The van der Waals surface area contributed by atoms with Crippen molar-refractivity contribution in [2.24, 2.45) is 0 Å². The average molecular weight is 171 g/mol. The highest BCUT2D eigenvalue weighted by atomic mass is 16.5. The molecule has 2 nitrogen and oxygen atoms in total. The molecule has 0 radical (unpaired) electrons. The fourth-order valence-corrected chi connectivity index (χ4v) is 0.919. The third-order valence-corrected chi connectivity index (χ3v) is 1.60. The first-order chi connectivity index (χ1) is 5.81. The predicted octanol–water partition coefficient (Wildman–Crippen LogP) is 1.97. The van der Waals surface area contributed by atoms with Crippen LogP contribution in [-0.2, 0) is 4.74 Å². The quantitative estimate of drug-likeness (QED) is 0.467. The van der Waals surface area contributed by atoms with Gasteiger partial charge in [-0.05, 0) is 33.4 Å². The number of rotatable bonds is 7. The SMILES string of the molecule is CCNCCC=C(C)COCC. The fraction of sp³-hybridized carbons (Fsp3) is 0.800. The van der Waals surface area contributed by atoms with Crippen molar-refractivity contribution in [3.8, 4) is 0 Å². The molecule has 0 aromatic carbocycles. The third-order valence-electron chi connectivity index (χ3n) is 1.60. The predicted molar refractivity (Wildman–Crippen MR) is 53.4 cm³/mol. The highest BCUT2D eigenvalue weighted by molar-refractivity contribution is 4.98. The molecule has 0 atom stereocenters. The maximum atomic E-state index is 5.26. The van der Waals surface area contributed by atoms with E-state index in [1.54, 1.807) is 0 Å². The number of hydrogen-bond acceptors (Lipinski definition) is 2. The van der Waals surface area contributed by atoms with E-state index < -0.39 is 0 Å². The van der Waals surface area contributed by atoms with Crippen LogP contribution in [0.5, 0.6) is 0 Å². The summed E-state index contributed by atoms with van der Waals surface area (Å²) in [6.45, 7) is 9.96. The highest BCUT2D eigenvalue weighted by Crippen LogP contribution is 1.95. The van der Waals surface area contributed by atoms with E-state index in [-0.39, 0.29) is 0 Å². The lowest BCUT2D eigenvalue weighted by Gasteiger charge is -2.01. The molecule has 0 amide bonds. The van der Waals surface area contributed by atoms with Crippen molar-refractivity contribution in [3.63, 3.8) is 0 Å². The lowest BCUT2D eigenvalue weighted by molar-refractivity contribution is 0.170. The molecular weight excluding hydrogens is 150 g/mol. The Hall–Kier alpha value is -0.340. The summed E-state index contributed by atoms with van der Waals surface area (Å²) in [5, 5.41) is 3.27. The zero-order chi connectivity index (χ0) is 9.23. The fourth-order valence-electron chi connectivity index (χ4n) is 0.919. The van der Waals surface area contributed by atoms with E-state index in [1.807, 2.05) is 6.92 Å². The smallest absolute Gasteiger partial charge is 0.0673 e. The molecule has 0 heterocycles. The highest BCUT2D eigenvalue weighted by Gasteiger charge is 1.87. The van der Waals surface area contributed by atoms with Crippen LogP contribution in [0, 0.1) is 0 Å². The lowest BCUT2D eigenvalue weighted by atomic mass is 10.2. The van der Waals surface area contributed by atoms with Crippen molar-refractivity contribution < 1.29 is 4.74 Å². The van der Waals surface area contributed by atoms with E-state index in [1.165, 1.54) is 5.57 Å². The van der Waals surface area contributed by atoms with Crippen molar-refractivity contribution in [1.82, 2.24) is 5.32 Å². The molecular formula is C10H21NO. The van der Waals surface area contributed by atoms with Gasteiger partial charge in [-0.15, -0.1) is 0 Å². The van der Waals surface area contributed by atoms with Gasteiger partial charge in [0.05, 0.1) is 6.61 Å². The molecule has 12 heavy (non-hydrogen) atoms. The molecule has 0 aromatic rings. The van der Waals surface area contributed by atoms with Gasteiger partial charge < -0.3 is 10.1 Å². The zero-order valence-corrected chi connectivity index (χ0v) is 8.52. The van der Waals surface area contributed by atoms with Gasteiger partial charge in [0, 0.05) is 6.61 Å². The Morgan fingerprint density at radius 1 is 1.42 bits per heavy atom. The molecule has 0 rings (SSSR count).